The number of aromatic nitrogens is 1. The van der Waals surface area contributed by atoms with Gasteiger partial charge in [0.25, 0.3) is 5.91 Å². The monoisotopic (exact) mass is 306 g/mol. The number of ether oxygens (including phenoxy) is 1. The third kappa shape index (κ3) is 2.64. The summed E-state index contributed by atoms with van der Waals surface area (Å²) < 4.78 is 7.16. The van der Waals surface area contributed by atoms with E-state index in [0.717, 1.165) is 5.69 Å². The molecule has 0 spiro atoms. The Morgan fingerprint density at radius 2 is 2.05 bits per heavy atom. The van der Waals surface area contributed by atoms with Crippen LogP contribution in [0.3, 0.4) is 0 Å². The van der Waals surface area contributed by atoms with E-state index in [4.69, 9.17) is 4.74 Å². The zero-order valence-electron chi connectivity index (χ0n) is 14.2. The summed E-state index contributed by atoms with van der Waals surface area (Å²) in [5.41, 5.74) is 1.13. The number of rotatable bonds is 4. The van der Waals surface area contributed by atoms with Crippen molar-refractivity contribution < 1.29 is 14.3 Å². The molecule has 2 heterocycles. The Balaban J connectivity index is 2.21. The lowest BCUT2D eigenvalue weighted by atomic mass is 9.76. The van der Waals surface area contributed by atoms with Crippen molar-refractivity contribution in [2.45, 2.75) is 34.1 Å². The van der Waals surface area contributed by atoms with Crippen molar-refractivity contribution in [3.8, 4) is 0 Å². The van der Waals surface area contributed by atoms with E-state index in [1.165, 1.54) is 0 Å². The molecule has 1 fully saturated rings. The molecular formula is C17H26N2O3. The zero-order chi connectivity index (χ0) is 16.5. The molecule has 0 saturated carbocycles. The van der Waals surface area contributed by atoms with Gasteiger partial charge in [0, 0.05) is 25.8 Å². The first-order valence-corrected chi connectivity index (χ1v) is 7.92. The fourth-order valence-corrected chi connectivity index (χ4v) is 3.14. The Kier molecular flexibility index (Phi) is 4.63. The van der Waals surface area contributed by atoms with Gasteiger partial charge in [0.05, 0.1) is 12.0 Å². The van der Waals surface area contributed by atoms with Crippen LogP contribution in [0.5, 0.6) is 0 Å². The van der Waals surface area contributed by atoms with E-state index in [2.05, 4.69) is 0 Å². The van der Waals surface area contributed by atoms with Crippen molar-refractivity contribution in [2.75, 3.05) is 19.7 Å². The van der Waals surface area contributed by atoms with E-state index in [-0.39, 0.29) is 17.8 Å². The first-order chi connectivity index (χ1) is 10.3. The molecule has 1 saturated heterocycles. The number of hydrogen-bond acceptors (Lipinski definition) is 3. The van der Waals surface area contributed by atoms with Crippen LogP contribution in [-0.4, -0.2) is 41.0 Å². The van der Waals surface area contributed by atoms with E-state index in [1.807, 2.05) is 51.4 Å². The number of hydrogen-bond donors (Lipinski definition) is 0. The molecule has 1 amide bonds. The molecule has 1 aromatic heterocycles. The number of nitrogens with zero attached hydrogens (tertiary/aromatic N) is 2. The molecule has 0 aromatic carbocycles. The highest BCUT2D eigenvalue weighted by Gasteiger charge is 2.49. The maximum Gasteiger partial charge on any atom is 0.314 e. The molecule has 5 nitrogen and oxygen atoms in total. The second-order valence-corrected chi connectivity index (χ2v) is 6.43. The maximum absolute atomic E-state index is 12.7. The van der Waals surface area contributed by atoms with Gasteiger partial charge < -0.3 is 14.2 Å². The number of likely N-dealkylation sites (tertiary alicyclic amines) is 1. The third-order valence-corrected chi connectivity index (χ3v) is 4.97. The van der Waals surface area contributed by atoms with E-state index in [9.17, 15) is 9.59 Å². The molecule has 0 N–H and O–H groups in total. The van der Waals surface area contributed by atoms with Gasteiger partial charge in [-0.3, -0.25) is 9.59 Å². The molecule has 1 aliphatic heterocycles. The van der Waals surface area contributed by atoms with Crippen LogP contribution in [0.1, 0.15) is 43.4 Å². The van der Waals surface area contributed by atoms with Crippen LogP contribution >= 0.6 is 0 Å². The molecule has 122 valence electrons. The molecule has 1 aliphatic rings. The summed E-state index contributed by atoms with van der Waals surface area (Å²) in [5.74, 6) is -0.0507. The van der Waals surface area contributed by atoms with Crippen molar-refractivity contribution in [2.24, 2.45) is 18.4 Å². The molecule has 1 aromatic rings. The largest absolute Gasteiger partial charge is 0.466 e. The highest BCUT2D eigenvalue weighted by molar-refractivity contribution is 5.94. The Morgan fingerprint density at radius 3 is 2.55 bits per heavy atom. The topological polar surface area (TPSA) is 51.5 Å². The summed E-state index contributed by atoms with van der Waals surface area (Å²) in [6.07, 6.45) is 0.665. The number of esters is 1. The highest BCUT2D eigenvalue weighted by Crippen LogP contribution is 2.39. The average Bonchev–Trinajstić information content (AvgIpc) is 3.05. The molecule has 0 bridgehead atoms. The van der Waals surface area contributed by atoms with Crippen LogP contribution < -0.4 is 0 Å². The first-order valence-electron chi connectivity index (χ1n) is 7.92. The minimum atomic E-state index is -0.578. The van der Waals surface area contributed by atoms with Crippen molar-refractivity contribution in [3.05, 3.63) is 23.5 Å². The van der Waals surface area contributed by atoms with Crippen LogP contribution in [0.25, 0.3) is 0 Å². The number of carbonyl (C=O) groups excluding carboxylic acids is 2. The Labute approximate surface area is 132 Å². The SMILES string of the molecule is CCOC(=O)C1(C(C)C)CCN(C(=O)c2ccc(C)n2C)C1. The van der Waals surface area contributed by atoms with Crippen molar-refractivity contribution in [1.82, 2.24) is 9.47 Å². The highest BCUT2D eigenvalue weighted by atomic mass is 16.5. The van der Waals surface area contributed by atoms with Gasteiger partial charge in [-0.1, -0.05) is 13.8 Å². The molecule has 5 heteroatoms. The predicted molar refractivity (Wildman–Crippen MR) is 84.6 cm³/mol. The summed E-state index contributed by atoms with van der Waals surface area (Å²) in [5, 5.41) is 0. The fraction of sp³-hybridized carbons (Fsp3) is 0.647. The lowest BCUT2D eigenvalue weighted by molar-refractivity contribution is -0.157. The molecule has 2 rings (SSSR count). The van der Waals surface area contributed by atoms with Gasteiger partial charge in [-0.05, 0) is 38.3 Å². The smallest absolute Gasteiger partial charge is 0.314 e. The van der Waals surface area contributed by atoms with Crippen LogP contribution in [0.2, 0.25) is 0 Å². The normalized spacial score (nSPS) is 21.5. The van der Waals surface area contributed by atoms with Gasteiger partial charge in [0.2, 0.25) is 0 Å². The van der Waals surface area contributed by atoms with E-state index in [1.54, 1.807) is 4.90 Å². The Bertz CT molecular complexity index is 576. The van der Waals surface area contributed by atoms with Crippen LogP contribution in [0.4, 0.5) is 0 Å². The van der Waals surface area contributed by atoms with Crippen LogP contribution in [-0.2, 0) is 16.6 Å². The summed E-state index contributed by atoms with van der Waals surface area (Å²) >= 11 is 0. The first kappa shape index (κ1) is 16.6. The number of amides is 1. The van der Waals surface area contributed by atoms with Gasteiger partial charge >= 0.3 is 5.97 Å². The average molecular weight is 306 g/mol. The van der Waals surface area contributed by atoms with Gasteiger partial charge in [-0.2, -0.15) is 0 Å². The molecule has 0 radical (unpaired) electrons. The summed E-state index contributed by atoms with van der Waals surface area (Å²) in [4.78, 5) is 26.9. The fourth-order valence-electron chi connectivity index (χ4n) is 3.14. The zero-order valence-corrected chi connectivity index (χ0v) is 14.2. The van der Waals surface area contributed by atoms with Gasteiger partial charge in [0.1, 0.15) is 5.69 Å². The third-order valence-electron chi connectivity index (χ3n) is 4.97. The summed E-state index contributed by atoms with van der Waals surface area (Å²) in [7, 11) is 1.89. The molecular weight excluding hydrogens is 280 g/mol. The number of aryl methyl sites for hydroxylation is 1. The number of carbonyl (C=O) groups is 2. The van der Waals surface area contributed by atoms with Crippen LogP contribution in [0.15, 0.2) is 12.1 Å². The maximum atomic E-state index is 12.7. The molecule has 1 atom stereocenters. The van der Waals surface area contributed by atoms with E-state index >= 15 is 0 Å². The van der Waals surface area contributed by atoms with Crippen molar-refractivity contribution in [3.63, 3.8) is 0 Å². The Hall–Kier alpha value is -1.78. The predicted octanol–water partition coefficient (Wildman–Crippen LogP) is 2.38. The summed E-state index contributed by atoms with van der Waals surface area (Å²) in [6, 6.07) is 3.78. The van der Waals surface area contributed by atoms with Gasteiger partial charge in [0.15, 0.2) is 0 Å². The molecule has 0 aliphatic carbocycles. The van der Waals surface area contributed by atoms with Gasteiger partial charge in [-0.15, -0.1) is 0 Å². The lowest BCUT2D eigenvalue weighted by Crippen LogP contribution is -2.42. The minimum Gasteiger partial charge on any atom is -0.466 e. The second-order valence-electron chi connectivity index (χ2n) is 6.43. The lowest BCUT2D eigenvalue weighted by Gasteiger charge is -2.30. The quantitative estimate of drug-likeness (QED) is 0.803. The second kappa shape index (κ2) is 6.15. The standard InChI is InChI=1S/C17H26N2O3/c1-6-22-16(21)17(12(2)3)9-10-19(11-17)15(20)14-8-7-13(4)18(14)5/h7-8,12H,6,9-11H2,1-5H3. The molecule has 1 unspecified atom stereocenters. The molecule has 22 heavy (non-hydrogen) atoms. The summed E-state index contributed by atoms with van der Waals surface area (Å²) in [6.45, 7) is 9.24. The Morgan fingerprint density at radius 1 is 1.36 bits per heavy atom. The van der Waals surface area contributed by atoms with Crippen LogP contribution in [0, 0.1) is 18.3 Å². The van der Waals surface area contributed by atoms with Crippen molar-refractivity contribution >= 4 is 11.9 Å². The van der Waals surface area contributed by atoms with E-state index in [0.29, 0.717) is 31.8 Å². The minimum absolute atomic E-state index is 0.0116. The van der Waals surface area contributed by atoms with Gasteiger partial charge in [-0.25, -0.2) is 0 Å². The van der Waals surface area contributed by atoms with Crippen molar-refractivity contribution in [1.29, 1.82) is 0 Å². The van der Waals surface area contributed by atoms with E-state index < -0.39 is 5.41 Å².